The second-order valence-corrected chi connectivity index (χ2v) is 5.30. The maximum atomic E-state index is 6.57. The first kappa shape index (κ1) is 14.7. The number of halogens is 1. The van der Waals surface area contributed by atoms with Crippen LogP contribution >= 0.6 is 11.6 Å². The minimum atomic E-state index is -0.151. The molecule has 0 fully saturated rings. The molecule has 106 valence electrons. The molecule has 2 nitrogen and oxygen atoms in total. The summed E-state index contributed by atoms with van der Waals surface area (Å²) in [6.45, 7) is 2.08. The monoisotopic (exact) mass is 290 g/mol. The molecule has 2 aromatic rings. The van der Waals surface area contributed by atoms with Gasteiger partial charge in [-0.25, -0.2) is 0 Å². The molecule has 0 N–H and O–H groups in total. The lowest BCUT2D eigenvalue weighted by Gasteiger charge is -2.15. The number of aryl methyl sites for hydroxylation is 1. The molecular formula is C17H19ClO2. The van der Waals surface area contributed by atoms with Gasteiger partial charge in [-0.2, -0.15) is 0 Å². The van der Waals surface area contributed by atoms with E-state index >= 15 is 0 Å². The van der Waals surface area contributed by atoms with Crippen molar-refractivity contribution in [1.29, 1.82) is 0 Å². The van der Waals surface area contributed by atoms with E-state index in [9.17, 15) is 0 Å². The summed E-state index contributed by atoms with van der Waals surface area (Å²) < 4.78 is 10.6. The van der Waals surface area contributed by atoms with Crippen molar-refractivity contribution in [2.45, 2.75) is 18.7 Å². The summed E-state index contributed by atoms with van der Waals surface area (Å²) in [4.78, 5) is 0. The van der Waals surface area contributed by atoms with E-state index in [1.807, 2.05) is 18.2 Å². The van der Waals surface area contributed by atoms with Crippen LogP contribution in [-0.2, 0) is 6.42 Å². The molecule has 0 bridgehead atoms. The summed E-state index contributed by atoms with van der Waals surface area (Å²) in [7, 11) is 3.30. The number of rotatable bonds is 5. The lowest BCUT2D eigenvalue weighted by Crippen LogP contribution is -2.00. The fourth-order valence-electron chi connectivity index (χ4n) is 2.24. The van der Waals surface area contributed by atoms with E-state index in [4.69, 9.17) is 21.1 Å². The molecule has 0 saturated heterocycles. The Kier molecular flexibility index (Phi) is 4.91. The van der Waals surface area contributed by atoms with Crippen LogP contribution in [0.4, 0.5) is 0 Å². The van der Waals surface area contributed by atoms with E-state index in [2.05, 4.69) is 31.2 Å². The van der Waals surface area contributed by atoms with Crippen LogP contribution in [-0.4, -0.2) is 14.2 Å². The van der Waals surface area contributed by atoms with Gasteiger partial charge in [0.05, 0.1) is 19.6 Å². The molecule has 0 heterocycles. The van der Waals surface area contributed by atoms with Crippen molar-refractivity contribution in [1.82, 2.24) is 0 Å². The minimum absolute atomic E-state index is 0.151. The molecule has 2 rings (SSSR count). The molecule has 1 atom stereocenters. The van der Waals surface area contributed by atoms with Crippen molar-refractivity contribution < 1.29 is 9.47 Å². The SMILES string of the molecule is COc1ccc(OC)c(C(Cl)Cc2cccc(C)c2)c1. The average molecular weight is 291 g/mol. The van der Waals surface area contributed by atoms with E-state index in [1.54, 1.807) is 14.2 Å². The third kappa shape index (κ3) is 3.45. The molecule has 0 saturated carbocycles. The Morgan fingerprint density at radius 2 is 1.85 bits per heavy atom. The highest BCUT2D eigenvalue weighted by Crippen LogP contribution is 2.35. The number of methoxy groups -OCH3 is 2. The number of ether oxygens (including phenoxy) is 2. The molecule has 0 aliphatic carbocycles. The number of benzene rings is 2. The van der Waals surface area contributed by atoms with Crippen LogP contribution in [0.1, 0.15) is 22.1 Å². The second kappa shape index (κ2) is 6.67. The third-order valence-electron chi connectivity index (χ3n) is 3.27. The minimum Gasteiger partial charge on any atom is -0.497 e. The first-order valence-corrected chi connectivity index (χ1v) is 6.99. The lowest BCUT2D eigenvalue weighted by molar-refractivity contribution is 0.398. The Balaban J connectivity index is 2.25. The van der Waals surface area contributed by atoms with E-state index < -0.39 is 0 Å². The topological polar surface area (TPSA) is 18.5 Å². The van der Waals surface area contributed by atoms with Crippen molar-refractivity contribution >= 4 is 11.6 Å². The quantitative estimate of drug-likeness (QED) is 0.753. The zero-order valence-electron chi connectivity index (χ0n) is 12.0. The van der Waals surface area contributed by atoms with Crippen LogP contribution in [0, 0.1) is 6.92 Å². The van der Waals surface area contributed by atoms with Gasteiger partial charge in [0.25, 0.3) is 0 Å². The summed E-state index contributed by atoms with van der Waals surface area (Å²) in [5, 5.41) is -0.151. The Bertz CT molecular complexity index is 581. The highest BCUT2D eigenvalue weighted by molar-refractivity contribution is 6.21. The van der Waals surface area contributed by atoms with Crippen molar-refractivity contribution in [3.8, 4) is 11.5 Å². The van der Waals surface area contributed by atoms with Gasteiger partial charge in [0.1, 0.15) is 11.5 Å². The highest BCUT2D eigenvalue weighted by atomic mass is 35.5. The fraction of sp³-hybridized carbons (Fsp3) is 0.294. The predicted octanol–water partition coefficient (Wildman–Crippen LogP) is 4.53. The van der Waals surface area contributed by atoms with E-state index in [0.717, 1.165) is 23.5 Å². The zero-order chi connectivity index (χ0) is 14.5. The largest absolute Gasteiger partial charge is 0.497 e. The number of hydrogen-bond acceptors (Lipinski definition) is 2. The molecule has 0 aliphatic heterocycles. The van der Waals surface area contributed by atoms with Gasteiger partial charge in [-0.1, -0.05) is 29.8 Å². The summed E-state index contributed by atoms with van der Waals surface area (Å²) >= 11 is 6.57. The standard InChI is InChI=1S/C17H19ClO2/c1-12-5-4-6-13(9-12)10-16(18)15-11-14(19-2)7-8-17(15)20-3/h4-9,11,16H,10H2,1-3H3. The summed E-state index contributed by atoms with van der Waals surface area (Å²) in [6.07, 6.45) is 0.757. The molecule has 1 unspecified atom stereocenters. The predicted molar refractivity (Wildman–Crippen MR) is 83.0 cm³/mol. The summed E-state index contributed by atoms with van der Waals surface area (Å²) in [5.41, 5.74) is 3.41. The van der Waals surface area contributed by atoms with Crippen molar-refractivity contribution in [3.05, 3.63) is 59.2 Å². The van der Waals surface area contributed by atoms with Crippen LogP contribution < -0.4 is 9.47 Å². The lowest BCUT2D eigenvalue weighted by atomic mass is 10.0. The molecule has 3 heteroatoms. The van der Waals surface area contributed by atoms with Gasteiger partial charge in [0.15, 0.2) is 0 Å². The maximum absolute atomic E-state index is 6.57. The van der Waals surface area contributed by atoms with E-state index in [1.165, 1.54) is 11.1 Å². The smallest absolute Gasteiger partial charge is 0.123 e. The first-order valence-electron chi connectivity index (χ1n) is 6.55. The zero-order valence-corrected chi connectivity index (χ0v) is 12.8. The molecular weight excluding hydrogens is 272 g/mol. The molecule has 0 aliphatic rings. The van der Waals surface area contributed by atoms with E-state index in [0.29, 0.717) is 0 Å². The van der Waals surface area contributed by atoms with Crippen molar-refractivity contribution in [2.24, 2.45) is 0 Å². The van der Waals surface area contributed by atoms with Crippen molar-refractivity contribution in [2.75, 3.05) is 14.2 Å². The average Bonchev–Trinajstić information content (AvgIpc) is 2.46. The van der Waals surface area contributed by atoms with Crippen LogP contribution in [0.3, 0.4) is 0 Å². The van der Waals surface area contributed by atoms with Gasteiger partial charge in [-0.05, 0) is 37.1 Å². The number of alkyl halides is 1. The van der Waals surface area contributed by atoms with Crippen LogP contribution in [0.15, 0.2) is 42.5 Å². The second-order valence-electron chi connectivity index (χ2n) is 4.77. The van der Waals surface area contributed by atoms with Gasteiger partial charge in [-0.15, -0.1) is 11.6 Å². The normalized spacial score (nSPS) is 12.0. The van der Waals surface area contributed by atoms with Crippen LogP contribution in [0.25, 0.3) is 0 Å². The van der Waals surface area contributed by atoms with Crippen LogP contribution in [0.5, 0.6) is 11.5 Å². The molecule has 0 radical (unpaired) electrons. The molecule has 20 heavy (non-hydrogen) atoms. The van der Waals surface area contributed by atoms with Crippen molar-refractivity contribution in [3.63, 3.8) is 0 Å². The number of hydrogen-bond donors (Lipinski definition) is 0. The highest BCUT2D eigenvalue weighted by Gasteiger charge is 2.15. The molecule has 0 aromatic heterocycles. The van der Waals surface area contributed by atoms with Gasteiger partial charge < -0.3 is 9.47 Å². The van der Waals surface area contributed by atoms with E-state index in [-0.39, 0.29) is 5.38 Å². The Hall–Kier alpha value is -1.67. The third-order valence-corrected chi connectivity index (χ3v) is 3.66. The molecule has 0 amide bonds. The van der Waals surface area contributed by atoms with Gasteiger partial charge in [0.2, 0.25) is 0 Å². The maximum Gasteiger partial charge on any atom is 0.123 e. The Labute approximate surface area is 125 Å². The van der Waals surface area contributed by atoms with Gasteiger partial charge in [-0.3, -0.25) is 0 Å². The first-order chi connectivity index (χ1) is 9.63. The molecule has 0 spiro atoms. The fourth-order valence-corrected chi connectivity index (χ4v) is 2.59. The summed E-state index contributed by atoms with van der Waals surface area (Å²) in [5.74, 6) is 1.58. The van der Waals surface area contributed by atoms with Gasteiger partial charge >= 0.3 is 0 Å². The Morgan fingerprint density at radius 3 is 2.50 bits per heavy atom. The summed E-state index contributed by atoms with van der Waals surface area (Å²) in [6, 6.07) is 14.1. The Morgan fingerprint density at radius 1 is 1.05 bits per heavy atom. The van der Waals surface area contributed by atoms with Crippen LogP contribution in [0.2, 0.25) is 0 Å². The molecule has 2 aromatic carbocycles. The van der Waals surface area contributed by atoms with Gasteiger partial charge in [0, 0.05) is 5.56 Å².